The molecule has 0 aliphatic carbocycles. The summed E-state index contributed by atoms with van der Waals surface area (Å²) in [5, 5.41) is 2.69. The lowest BCUT2D eigenvalue weighted by atomic mass is 10.3. The maximum Gasteiger partial charge on any atom is 0.389 e. The molecule has 1 rings (SSSR count). The van der Waals surface area contributed by atoms with Gasteiger partial charge in [-0.15, -0.1) is 0 Å². The summed E-state index contributed by atoms with van der Waals surface area (Å²) in [6.45, 7) is 0.131. The highest BCUT2D eigenvalue weighted by Crippen LogP contribution is 2.21. The molecule has 0 aromatic carbocycles. The molecule has 0 bridgehead atoms. The van der Waals surface area contributed by atoms with E-state index in [9.17, 15) is 18.0 Å². The summed E-state index contributed by atoms with van der Waals surface area (Å²) in [7, 11) is 0. The van der Waals surface area contributed by atoms with Crippen LogP contribution in [0.25, 0.3) is 0 Å². The van der Waals surface area contributed by atoms with Crippen molar-refractivity contribution in [2.24, 2.45) is 0 Å². The summed E-state index contributed by atoms with van der Waals surface area (Å²) in [6, 6.07) is 0. The Morgan fingerprint density at radius 2 is 2.19 bits per heavy atom. The quantitative estimate of drug-likeness (QED) is 0.648. The van der Waals surface area contributed by atoms with Crippen LogP contribution in [0.1, 0.15) is 12.8 Å². The molecule has 0 spiro atoms. The molecule has 1 aromatic rings. The standard InChI is InChI=1S/C8H9F3IN3O/c9-8(10,11)2-1-3-13-6-5(12)7(16)15-4-14-6/h4H,1-3H2,(H2,13,14,15,16). The SMILES string of the molecule is O=c1[nH]cnc(NCCCC(F)(F)F)c1I. The van der Waals surface area contributed by atoms with E-state index in [1.807, 2.05) is 0 Å². The molecule has 2 N–H and O–H groups in total. The molecule has 0 saturated heterocycles. The molecule has 1 heterocycles. The second kappa shape index (κ2) is 5.51. The fraction of sp³-hybridized carbons (Fsp3) is 0.500. The Labute approximate surface area is 103 Å². The zero-order chi connectivity index (χ0) is 12.2. The number of halogens is 4. The van der Waals surface area contributed by atoms with Gasteiger partial charge in [0, 0.05) is 13.0 Å². The minimum Gasteiger partial charge on any atom is -0.369 e. The predicted molar refractivity (Wildman–Crippen MR) is 61.4 cm³/mol. The third kappa shape index (κ3) is 4.37. The topological polar surface area (TPSA) is 57.8 Å². The van der Waals surface area contributed by atoms with Gasteiger partial charge in [-0.1, -0.05) is 0 Å². The third-order valence-electron chi connectivity index (χ3n) is 1.73. The van der Waals surface area contributed by atoms with Crippen molar-refractivity contribution in [1.82, 2.24) is 9.97 Å². The number of hydrogen-bond donors (Lipinski definition) is 2. The Balaban J connectivity index is 2.44. The lowest BCUT2D eigenvalue weighted by Gasteiger charge is -2.08. The fourth-order valence-corrected chi connectivity index (χ4v) is 1.49. The van der Waals surface area contributed by atoms with Crippen molar-refractivity contribution < 1.29 is 13.2 Å². The van der Waals surface area contributed by atoms with E-state index in [4.69, 9.17) is 0 Å². The number of aromatic amines is 1. The number of hydrogen-bond acceptors (Lipinski definition) is 3. The molecule has 0 aliphatic rings. The first-order valence-electron chi connectivity index (χ1n) is 4.44. The van der Waals surface area contributed by atoms with E-state index in [2.05, 4.69) is 15.3 Å². The van der Waals surface area contributed by atoms with Crippen LogP contribution in [0, 0.1) is 3.57 Å². The molecule has 0 aliphatic heterocycles. The monoisotopic (exact) mass is 347 g/mol. The Bertz CT molecular complexity index is 404. The molecule has 0 unspecified atom stereocenters. The van der Waals surface area contributed by atoms with Crippen molar-refractivity contribution in [2.45, 2.75) is 19.0 Å². The van der Waals surface area contributed by atoms with E-state index in [0.717, 1.165) is 0 Å². The summed E-state index contributed by atoms with van der Waals surface area (Å²) >= 11 is 1.78. The van der Waals surface area contributed by atoms with Crippen molar-refractivity contribution in [1.29, 1.82) is 0 Å². The van der Waals surface area contributed by atoms with Crippen LogP contribution >= 0.6 is 22.6 Å². The second-order valence-electron chi connectivity index (χ2n) is 3.04. The molecular weight excluding hydrogens is 338 g/mol. The van der Waals surface area contributed by atoms with Crippen LogP contribution in [-0.4, -0.2) is 22.7 Å². The van der Waals surface area contributed by atoms with Crippen LogP contribution in [0.5, 0.6) is 0 Å². The Kier molecular flexibility index (Phi) is 4.56. The third-order valence-corrected chi connectivity index (χ3v) is 2.73. The van der Waals surface area contributed by atoms with Gasteiger partial charge >= 0.3 is 6.18 Å². The van der Waals surface area contributed by atoms with E-state index in [1.165, 1.54) is 6.33 Å². The smallest absolute Gasteiger partial charge is 0.369 e. The molecule has 1 aromatic heterocycles. The average molecular weight is 347 g/mol. The molecule has 0 radical (unpaired) electrons. The summed E-state index contributed by atoms with van der Waals surface area (Å²) in [5.41, 5.74) is -0.311. The Morgan fingerprint density at radius 3 is 2.81 bits per heavy atom. The van der Waals surface area contributed by atoms with Gasteiger partial charge in [-0.05, 0) is 29.0 Å². The van der Waals surface area contributed by atoms with E-state index >= 15 is 0 Å². The van der Waals surface area contributed by atoms with Crippen LogP contribution in [0.15, 0.2) is 11.1 Å². The number of aromatic nitrogens is 2. The van der Waals surface area contributed by atoms with Crippen LogP contribution in [0.4, 0.5) is 19.0 Å². The molecule has 0 saturated carbocycles. The van der Waals surface area contributed by atoms with Crippen molar-refractivity contribution in [3.8, 4) is 0 Å². The molecule has 4 nitrogen and oxygen atoms in total. The zero-order valence-electron chi connectivity index (χ0n) is 8.07. The van der Waals surface area contributed by atoms with Gasteiger partial charge in [-0.25, -0.2) is 4.98 Å². The molecule has 16 heavy (non-hydrogen) atoms. The molecule has 0 amide bonds. The van der Waals surface area contributed by atoms with Crippen LogP contribution in [-0.2, 0) is 0 Å². The second-order valence-corrected chi connectivity index (χ2v) is 4.12. The number of alkyl halides is 3. The molecular formula is C8H9F3IN3O. The lowest BCUT2D eigenvalue weighted by molar-refractivity contribution is -0.134. The highest BCUT2D eigenvalue weighted by Gasteiger charge is 2.25. The minimum absolute atomic E-state index is 0.0476. The first kappa shape index (κ1) is 13.3. The normalized spacial score (nSPS) is 11.5. The number of H-pyrrole nitrogens is 1. The average Bonchev–Trinajstić information content (AvgIpc) is 2.17. The van der Waals surface area contributed by atoms with Gasteiger partial charge in [0.15, 0.2) is 0 Å². The lowest BCUT2D eigenvalue weighted by Crippen LogP contribution is -2.16. The number of nitrogens with zero attached hydrogens (tertiary/aromatic N) is 1. The Morgan fingerprint density at radius 1 is 1.50 bits per heavy atom. The summed E-state index contributed by atoms with van der Waals surface area (Å²) < 4.78 is 35.8. The maximum atomic E-state index is 11.8. The van der Waals surface area contributed by atoms with Gasteiger partial charge in [0.05, 0.1) is 6.33 Å². The zero-order valence-corrected chi connectivity index (χ0v) is 10.2. The Hall–Kier alpha value is -0.800. The predicted octanol–water partition coefficient (Wildman–Crippen LogP) is 2.13. The highest BCUT2D eigenvalue weighted by atomic mass is 127. The van der Waals surface area contributed by atoms with Gasteiger partial charge in [-0.2, -0.15) is 13.2 Å². The highest BCUT2D eigenvalue weighted by molar-refractivity contribution is 14.1. The van der Waals surface area contributed by atoms with Crippen molar-refractivity contribution >= 4 is 28.4 Å². The molecule has 0 fully saturated rings. The largest absolute Gasteiger partial charge is 0.389 e. The molecule has 90 valence electrons. The van der Waals surface area contributed by atoms with E-state index in [-0.39, 0.29) is 18.5 Å². The van der Waals surface area contributed by atoms with Gasteiger partial charge in [0.1, 0.15) is 9.39 Å². The fourth-order valence-electron chi connectivity index (χ4n) is 1.00. The van der Waals surface area contributed by atoms with Crippen molar-refractivity contribution in [3.05, 3.63) is 20.3 Å². The number of anilines is 1. The van der Waals surface area contributed by atoms with E-state index in [1.54, 1.807) is 22.6 Å². The van der Waals surface area contributed by atoms with Crippen LogP contribution in [0.2, 0.25) is 0 Å². The first-order valence-corrected chi connectivity index (χ1v) is 5.52. The van der Waals surface area contributed by atoms with Crippen molar-refractivity contribution in [3.63, 3.8) is 0 Å². The van der Waals surface area contributed by atoms with E-state index in [0.29, 0.717) is 9.39 Å². The molecule has 8 heteroatoms. The van der Waals surface area contributed by atoms with Gasteiger partial charge in [0.25, 0.3) is 5.56 Å². The van der Waals surface area contributed by atoms with Gasteiger partial charge in [0.2, 0.25) is 0 Å². The first-order chi connectivity index (χ1) is 7.40. The number of rotatable bonds is 4. The maximum absolute atomic E-state index is 11.8. The van der Waals surface area contributed by atoms with Crippen molar-refractivity contribution in [2.75, 3.05) is 11.9 Å². The van der Waals surface area contributed by atoms with E-state index < -0.39 is 12.6 Å². The summed E-state index contributed by atoms with van der Waals surface area (Å²) in [4.78, 5) is 17.3. The van der Waals surface area contributed by atoms with Gasteiger partial charge in [-0.3, -0.25) is 4.79 Å². The van der Waals surface area contributed by atoms with Gasteiger partial charge < -0.3 is 10.3 Å². The summed E-state index contributed by atoms with van der Waals surface area (Å²) in [6.07, 6.45) is -3.83. The summed E-state index contributed by atoms with van der Waals surface area (Å²) in [5.74, 6) is 0.312. The molecule has 0 atom stereocenters. The minimum atomic E-state index is -4.14. The number of nitrogens with one attached hydrogen (secondary N) is 2. The van der Waals surface area contributed by atoms with Crippen LogP contribution in [0.3, 0.4) is 0 Å². The van der Waals surface area contributed by atoms with Crippen LogP contribution < -0.4 is 10.9 Å².